The van der Waals surface area contributed by atoms with E-state index in [-0.39, 0.29) is 0 Å². The van der Waals surface area contributed by atoms with Crippen molar-refractivity contribution in [2.45, 2.75) is 13.5 Å². The van der Waals surface area contributed by atoms with Gasteiger partial charge in [-0.2, -0.15) is 5.10 Å². The van der Waals surface area contributed by atoms with E-state index in [9.17, 15) is 0 Å². The van der Waals surface area contributed by atoms with E-state index < -0.39 is 0 Å². The minimum Gasteiger partial charge on any atom is -0.325 e. The zero-order valence-corrected chi connectivity index (χ0v) is 10.2. The summed E-state index contributed by atoms with van der Waals surface area (Å²) in [7, 11) is 0. The van der Waals surface area contributed by atoms with Crippen LogP contribution in [0.3, 0.4) is 0 Å². The van der Waals surface area contributed by atoms with Crippen molar-refractivity contribution in [3.05, 3.63) is 54.0 Å². The Hall–Kier alpha value is -2.20. The molecule has 90 valence electrons. The van der Waals surface area contributed by atoms with Gasteiger partial charge in [-0.25, -0.2) is 9.67 Å². The van der Waals surface area contributed by atoms with E-state index in [0.717, 1.165) is 27.8 Å². The number of nitrogens with two attached hydrogens (primary N) is 1. The van der Waals surface area contributed by atoms with Gasteiger partial charge in [0, 0.05) is 18.1 Å². The lowest BCUT2D eigenvalue weighted by Gasteiger charge is -2.08. The number of aromatic nitrogens is 3. The fourth-order valence-corrected chi connectivity index (χ4v) is 2.04. The molecule has 0 atom stereocenters. The van der Waals surface area contributed by atoms with Gasteiger partial charge in [-0.3, -0.25) is 0 Å². The van der Waals surface area contributed by atoms with Gasteiger partial charge in [-0.1, -0.05) is 24.3 Å². The van der Waals surface area contributed by atoms with Crippen LogP contribution in [0.2, 0.25) is 0 Å². The van der Waals surface area contributed by atoms with Gasteiger partial charge in [0.2, 0.25) is 0 Å². The first-order valence-electron chi connectivity index (χ1n) is 5.88. The molecule has 0 radical (unpaired) electrons. The monoisotopic (exact) mass is 238 g/mol. The lowest BCUT2D eigenvalue weighted by atomic mass is 10.1. The maximum absolute atomic E-state index is 5.70. The molecule has 0 fully saturated rings. The van der Waals surface area contributed by atoms with Crippen molar-refractivity contribution in [1.82, 2.24) is 14.8 Å². The number of fused-ring (bicyclic) bond motifs is 1. The van der Waals surface area contributed by atoms with E-state index in [1.807, 2.05) is 37.5 Å². The number of rotatable bonds is 2. The number of nitrogens with zero attached hydrogens (tertiary/aromatic N) is 3. The average Bonchev–Trinajstić information content (AvgIpc) is 2.84. The molecule has 1 aromatic carbocycles. The van der Waals surface area contributed by atoms with Crippen LogP contribution >= 0.6 is 0 Å². The molecule has 0 unspecified atom stereocenters. The van der Waals surface area contributed by atoms with Crippen LogP contribution in [0.4, 0.5) is 0 Å². The van der Waals surface area contributed by atoms with E-state index in [4.69, 9.17) is 5.73 Å². The Bertz CT molecular complexity index is 700. The molecule has 0 amide bonds. The van der Waals surface area contributed by atoms with Crippen molar-refractivity contribution in [2.24, 2.45) is 5.73 Å². The fraction of sp³-hybridized carbons (Fsp3) is 0.143. The van der Waals surface area contributed by atoms with Gasteiger partial charge in [0.25, 0.3) is 0 Å². The predicted molar refractivity (Wildman–Crippen MR) is 71.5 cm³/mol. The molecule has 4 nitrogen and oxygen atoms in total. The quantitative estimate of drug-likeness (QED) is 0.744. The van der Waals surface area contributed by atoms with E-state index in [1.54, 1.807) is 4.68 Å². The lowest BCUT2D eigenvalue weighted by molar-refractivity contribution is 0.839. The van der Waals surface area contributed by atoms with Crippen molar-refractivity contribution in [3.8, 4) is 5.82 Å². The number of hydrogen-bond donors (Lipinski definition) is 1. The van der Waals surface area contributed by atoms with Gasteiger partial charge in [0.05, 0.1) is 11.9 Å². The summed E-state index contributed by atoms with van der Waals surface area (Å²) in [5, 5.41) is 6.54. The van der Waals surface area contributed by atoms with Gasteiger partial charge in [0.15, 0.2) is 5.82 Å². The molecule has 3 rings (SSSR count). The highest BCUT2D eigenvalue weighted by molar-refractivity contribution is 5.88. The summed E-state index contributed by atoms with van der Waals surface area (Å²) in [5.74, 6) is 0.835. The fourth-order valence-electron chi connectivity index (χ4n) is 2.04. The molecule has 0 saturated heterocycles. The number of benzene rings is 1. The molecule has 0 saturated carbocycles. The number of pyridine rings is 1. The van der Waals surface area contributed by atoms with E-state index in [0.29, 0.717) is 6.54 Å². The Morgan fingerprint density at radius 2 is 2.11 bits per heavy atom. The van der Waals surface area contributed by atoms with E-state index in [1.165, 1.54) is 0 Å². The van der Waals surface area contributed by atoms with Crippen molar-refractivity contribution >= 4 is 10.8 Å². The molecule has 18 heavy (non-hydrogen) atoms. The van der Waals surface area contributed by atoms with Gasteiger partial charge < -0.3 is 5.73 Å². The topological polar surface area (TPSA) is 56.7 Å². The van der Waals surface area contributed by atoms with Crippen molar-refractivity contribution in [1.29, 1.82) is 0 Å². The normalized spacial score (nSPS) is 11.0. The van der Waals surface area contributed by atoms with Crippen LogP contribution in [-0.2, 0) is 6.54 Å². The predicted octanol–water partition coefficient (Wildman–Crippen LogP) is 2.19. The van der Waals surface area contributed by atoms with Crippen LogP contribution in [0.15, 0.2) is 42.7 Å². The zero-order chi connectivity index (χ0) is 12.5. The molecule has 0 aliphatic rings. The molecule has 0 aliphatic carbocycles. The maximum atomic E-state index is 5.70. The van der Waals surface area contributed by atoms with Gasteiger partial charge >= 0.3 is 0 Å². The summed E-state index contributed by atoms with van der Waals surface area (Å²) in [6.07, 6.45) is 3.79. The molecule has 0 aliphatic heterocycles. The molecule has 2 N–H and O–H groups in total. The summed E-state index contributed by atoms with van der Waals surface area (Å²) in [4.78, 5) is 4.58. The second-order valence-corrected chi connectivity index (χ2v) is 4.32. The molecule has 4 heteroatoms. The summed E-state index contributed by atoms with van der Waals surface area (Å²) in [5.41, 5.74) is 7.68. The second kappa shape index (κ2) is 4.23. The number of hydrogen-bond acceptors (Lipinski definition) is 3. The summed E-state index contributed by atoms with van der Waals surface area (Å²) >= 11 is 0. The average molecular weight is 238 g/mol. The highest BCUT2D eigenvalue weighted by atomic mass is 15.3. The van der Waals surface area contributed by atoms with Gasteiger partial charge in [0.1, 0.15) is 0 Å². The Balaban J connectivity index is 2.32. The third-order valence-corrected chi connectivity index (χ3v) is 2.91. The van der Waals surface area contributed by atoms with E-state index >= 15 is 0 Å². The van der Waals surface area contributed by atoms with Crippen LogP contribution < -0.4 is 5.73 Å². The first-order chi connectivity index (χ1) is 8.78. The number of aryl methyl sites for hydroxylation is 1. The molecular formula is C14H14N4. The third kappa shape index (κ3) is 1.76. The van der Waals surface area contributed by atoms with Crippen LogP contribution in [0.25, 0.3) is 16.6 Å². The van der Waals surface area contributed by atoms with Crippen LogP contribution in [0.1, 0.15) is 11.3 Å². The van der Waals surface area contributed by atoms with Crippen LogP contribution in [-0.4, -0.2) is 14.8 Å². The first kappa shape index (κ1) is 10.9. The highest BCUT2D eigenvalue weighted by Crippen LogP contribution is 2.21. The van der Waals surface area contributed by atoms with E-state index in [2.05, 4.69) is 22.2 Å². The maximum Gasteiger partial charge on any atom is 0.161 e. The Morgan fingerprint density at radius 1 is 1.28 bits per heavy atom. The van der Waals surface area contributed by atoms with Crippen molar-refractivity contribution in [3.63, 3.8) is 0 Å². The molecule has 2 heterocycles. The molecule has 0 bridgehead atoms. The smallest absolute Gasteiger partial charge is 0.161 e. The Morgan fingerprint density at radius 3 is 2.83 bits per heavy atom. The van der Waals surface area contributed by atoms with Crippen LogP contribution in [0, 0.1) is 6.92 Å². The molecular weight excluding hydrogens is 224 g/mol. The zero-order valence-electron chi connectivity index (χ0n) is 10.2. The summed E-state index contributed by atoms with van der Waals surface area (Å²) < 4.78 is 1.80. The lowest BCUT2D eigenvalue weighted by Crippen LogP contribution is -2.05. The standard InChI is InChI=1S/C14H14N4/c1-10-8-16-18(9-10)14-13-5-3-2-4-11(13)6-12(7-15)17-14/h2-6,8-9H,7,15H2,1H3. The highest BCUT2D eigenvalue weighted by Gasteiger charge is 2.07. The Labute approximate surface area is 105 Å². The first-order valence-corrected chi connectivity index (χ1v) is 5.88. The van der Waals surface area contributed by atoms with Crippen molar-refractivity contribution < 1.29 is 0 Å². The SMILES string of the molecule is Cc1cnn(-c2nc(CN)cc3ccccc23)c1. The Kier molecular flexibility index (Phi) is 2.57. The van der Waals surface area contributed by atoms with Crippen LogP contribution in [0.5, 0.6) is 0 Å². The third-order valence-electron chi connectivity index (χ3n) is 2.91. The molecule has 0 spiro atoms. The van der Waals surface area contributed by atoms with Crippen molar-refractivity contribution in [2.75, 3.05) is 0 Å². The van der Waals surface area contributed by atoms with Gasteiger partial charge in [-0.05, 0) is 23.9 Å². The summed E-state index contributed by atoms with van der Waals surface area (Å²) in [6, 6.07) is 10.2. The molecule has 3 aromatic rings. The summed E-state index contributed by atoms with van der Waals surface area (Å²) in [6.45, 7) is 2.44. The minimum absolute atomic E-state index is 0.429. The minimum atomic E-state index is 0.429. The largest absolute Gasteiger partial charge is 0.325 e. The van der Waals surface area contributed by atoms with Gasteiger partial charge in [-0.15, -0.1) is 0 Å². The molecule has 2 aromatic heterocycles. The second-order valence-electron chi connectivity index (χ2n) is 4.32.